The van der Waals surface area contributed by atoms with Gasteiger partial charge in [0.1, 0.15) is 5.75 Å². The summed E-state index contributed by atoms with van der Waals surface area (Å²) in [5, 5.41) is 0. The lowest BCUT2D eigenvalue weighted by molar-refractivity contribution is 0.403. The molecule has 1 rings (SSSR count). The summed E-state index contributed by atoms with van der Waals surface area (Å²) in [5.41, 5.74) is 1.08. The van der Waals surface area contributed by atoms with Gasteiger partial charge in [-0.3, -0.25) is 0 Å². The van der Waals surface area contributed by atoms with E-state index in [2.05, 4.69) is 13.8 Å². The number of ether oxygens (including phenoxy) is 1. The van der Waals surface area contributed by atoms with Crippen molar-refractivity contribution in [2.24, 2.45) is 0 Å². The minimum Gasteiger partial charge on any atom is -0.495 e. The summed E-state index contributed by atoms with van der Waals surface area (Å²) in [5.74, 6) is 0.887. The van der Waals surface area contributed by atoms with Gasteiger partial charge in [-0.1, -0.05) is 19.9 Å². The normalized spacial score (nSPS) is 15.0. The lowest BCUT2D eigenvalue weighted by Crippen LogP contribution is -2.01. The molecule has 0 heterocycles. The van der Waals surface area contributed by atoms with Gasteiger partial charge in [-0.05, 0) is 23.6 Å². The maximum atomic E-state index is 11.7. The van der Waals surface area contributed by atoms with E-state index in [4.69, 9.17) is 9.52 Å². The largest absolute Gasteiger partial charge is 0.495 e. The average molecular weight is 227 g/mol. The molecule has 1 unspecified atom stereocenters. The molecule has 3 nitrogen and oxygen atoms in total. The van der Waals surface area contributed by atoms with Crippen LogP contribution >= 0.6 is 0 Å². The van der Waals surface area contributed by atoms with Crippen LogP contribution in [-0.4, -0.2) is 17.6 Å². The molecule has 4 heteroatoms. The molecule has 0 fully saturated rings. The molecule has 0 radical (unpaired) electrons. The van der Waals surface area contributed by atoms with Gasteiger partial charge in [0.05, 0.1) is 21.7 Å². The van der Waals surface area contributed by atoms with E-state index in [-0.39, 0.29) is 0 Å². The Balaban J connectivity index is 3.39. The zero-order chi connectivity index (χ0) is 11.6. The van der Waals surface area contributed by atoms with Crippen molar-refractivity contribution in [3.05, 3.63) is 23.8 Å². The van der Waals surface area contributed by atoms with Crippen LogP contribution in [0.1, 0.15) is 25.3 Å². The molecule has 0 saturated heterocycles. The van der Waals surface area contributed by atoms with Crippen molar-refractivity contribution in [1.29, 1.82) is 4.78 Å². The summed E-state index contributed by atoms with van der Waals surface area (Å²) in [6.45, 7) is 4.13. The second-order valence-corrected chi connectivity index (χ2v) is 6.04. The fraction of sp³-hybridized carbons (Fsp3) is 0.455. The Labute approximate surface area is 91.4 Å². The minimum atomic E-state index is -2.73. The Kier molecular flexibility index (Phi) is 3.39. The lowest BCUT2D eigenvalue weighted by atomic mass is 10.0. The van der Waals surface area contributed by atoms with E-state index in [1.165, 1.54) is 13.4 Å². The third-order valence-corrected chi connectivity index (χ3v) is 3.43. The van der Waals surface area contributed by atoms with Gasteiger partial charge < -0.3 is 4.74 Å². The lowest BCUT2D eigenvalue weighted by Gasteiger charge is -2.12. The average Bonchev–Trinajstić information content (AvgIpc) is 2.15. The van der Waals surface area contributed by atoms with E-state index < -0.39 is 9.73 Å². The maximum Gasteiger partial charge on any atom is 0.135 e. The third-order valence-electron chi connectivity index (χ3n) is 2.27. The van der Waals surface area contributed by atoms with Gasteiger partial charge in [0, 0.05) is 6.26 Å². The number of methoxy groups -OCH3 is 1. The highest BCUT2D eigenvalue weighted by Crippen LogP contribution is 2.27. The van der Waals surface area contributed by atoms with Crippen LogP contribution in [-0.2, 0) is 9.73 Å². The van der Waals surface area contributed by atoms with E-state index in [0.29, 0.717) is 16.6 Å². The number of hydrogen-bond acceptors (Lipinski definition) is 3. The van der Waals surface area contributed by atoms with Crippen LogP contribution in [0.4, 0.5) is 0 Å². The highest BCUT2D eigenvalue weighted by Gasteiger charge is 2.12. The first kappa shape index (κ1) is 12.0. The number of rotatable bonds is 3. The molecule has 0 spiro atoms. The second-order valence-electron chi connectivity index (χ2n) is 3.91. The van der Waals surface area contributed by atoms with Crippen LogP contribution in [0.2, 0.25) is 0 Å². The number of hydrogen-bond donors (Lipinski definition) is 1. The number of nitrogens with one attached hydrogen (secondary N) is 1. The first-order valence-corrected chi connectivity index (χ1v) is 6.74. The van der Waals surface area contributed by atoms with Crippen molar-refractivity contribution in [3.63, 3.8) is 0 Å². The highest BCUT2D eigenvalue weighted by molar-refractivity contribution is 7.91. The SMILES string of the molecule is COc1ccc(C(C)C)cc1S(C)(=N)=O. The van der Waals surface area contributed by atoms with Crippen molar-refractivity contribution in [1.82, 2.24) is 0 Å². The Bertz CT molecular complexity index is 450. The molecular formula is C11H17NO2S. The third kappa shape index (κ3) is 2.72. The molecule has 1 N–H and O–H groups in total. The minimum absolute atomic E-state index is 0.358. The van der Waals surface area contributed by atoms with Crippen molar-refractivity contribution in [2.45, 2.75) is 24.7 Å². The zero-order valence-electron chi connectivity index (χ0n) is 9.53. The quantitative estimate of drug-likeness (QED) is 0.863. The van der Waals surface area contributed by atoms with E-state index >= 15 is 0 Å². The standard InChI is InChI=1S/C11H17NO2S/c1-8(2)9-5-6-10(14-3)11(7-9)15(4,12)13/h5-8,12H,1-4H3. The molecular weight excluding hydrogens is 210 g/mol. The van der Waals surface area contributed by atoms with Crippen molar-refractivity contribution in [2.75, 3.05) is 13.4 Å². The molecule has 84 valence electrons. The smallest absolute Gasteiger partial charge is 0.135 e. The first-order chi connectivity index (χ1) is 6.86. The Morgan fingerprint density at radius 1 is 1.40 bits per heavy atom. The predicted octanol–water partition coefficient (Wildman–Crippen LogP) is 2.85. The summed E-state index contributed by atoms with van der Waals surface area (Å²) in [7, 11) is -1.20. The molecule has 1 aromatic carbocycles. The van der Waals surface area contributed by atoms with Crippen LogP contribution in [0.3, 0.4) is 0 Å². The molecule has 0 aliphatic rings. The van der Waals surface area contributed by atoms with Crippen LogP contribution in [0, 0.1) is 4.78 Å². The Morgan fingerprint density at radius 3 is 2.40 bits per heavy atom. The molecule has 0 aliphatic heterocycles. The molecule has 1 atom stereocenters. The van der Waals surface area contributed by atoms with Crippen molar-refractivity contribution >= 4 is 9.73 Å². The Morgan fingerprint density at radius 2 is 2.00 bits per heavy atom. The van der Waals surface area contributed by atoms with Gasteiger partial charge in [-0.2, -0.15) is 0 Å². The Hall–Kier alpha value is -1.03. The summed E-state index contributed by atoms with van der Waals surface area (Å²) >= 11 is 0. The van der Waals surface area contributed by atoms with Crippen LogP contribution in [0.5, 0.6) is 5.75 Å². The molecule has 0 bridgehead atoms. The van der Waals surface area contributed by atoms with E-state index in [9.17, 15) is 4.21 Å². The monoisotopic (exact) mass is 227 g/mol. The molecule has 0 amide bonds. The van der Waals surface area contributed by atoms with Crippen LogP contribution < -0.4 is 4.74 Å². The van der Waals surface area contributed by atoms with Crippen molar-refractivity contribution < 1.29 is 8.95 Å². The van der Waals surface area contributed by atoms with Gasteiger partial charge in [-0.15, -0.1) is 0 Å². The van der Waals surface area contributed by atoms with E-state index in [1.54, 1.807) is 12.1 Å². The molecule has 1 aromatic rings. The van der Waals surface area contributed by atoms with Gasteiger partial charge in [0.25, 0.3) is 0 Å². The highest BCUT2D eigenvalue weighted by atomic mass is 32.2. The van der Waals surface area contributed by atoms with Crippen LogP contribution in [0.25, 0.3) is 0 Å². The number of benzene rings is 1. The van der Waals surface area contributed by atoms with Gasteiger partial charge in [0.2, 0.25) is 0 Å². The predicted molar refractivity (Wildman–Crippen MR) is 62.1 cm³/mol. The summed E-state index contributed by atoms with van der Waals surface area (Å²) in [4.78, 5) is 0.483. The zero-order valence-corrected chi connectivity index (χ0v) is 10.4. The fourth-order valence-electron chi connectivity index (χ4n) is 1.36. The van der Waals surface area contributed by atoms with Gasteiger partial charge in [0.15, 0.2) is 0 Å². The topological polar surface area (TPSA) is 50.1 Å². The molecule has 15 heavy (non-hydrogen) atoms. The summed E-state index contributed by atoms with van der Waals surface area (Å²) < 4.78 is 24.4. The van der Waals surface area contributed by atoms with Gasteiger partial charge >= 0.3 is 0 Å². The van der Waals surface area contributed by atoms with E-state index in [1.807, 2.05) is 6.07 Å². The fourth-order valence-corrected chi connectivity index (χ4v) is 2.25. The van der Waals surface area contributed by atoms with Crippen molar-refractivity contribution in [3.8, 4) is 5.75 Å². The van der Waals surface area contributed by atoms with Crippen LogP contribution in [0.15, 0.2) is 23.1 Å². The second kappa shape index (κ2) is 4.23. The van der Waals surface area contributed by atoms with E-state index in [0.717, 1.165) is 5.56 Å². The summed E-state index contributed by atoms with van der Waals surface area (Å²) in [6.07, 6.45) is 1.41. The first-order valence-electron chi connectivity index (χ1n) is 4.78. The van der Waals surface area contributed by atoms with Gasteiger partial charge in [-0.25, -0.2) is 8.99 Å². The summed E-state index contributed by atoms with van der Waals surface area (Å²) in [6, 6.07) is 5.53. The molecule has 0 aromatic heterocycles. The maximum absolute atomic E-state index is 11.7. The molecule has 0 saturated carbocycles. The molecule has 0 aliphatic carbocycles.